The van der Waals surface area contributed by atoms with Gasteiger partial charge in [0.05, 0.1) is 0 Å². The van der Waals surface area contributed by atoms with Crippen LogP contribution in [-0.4, -0.2) is 68.6 Å². The minimum Gasteiger partial charge on any atom is -0.354 e. The van der Waals surface area contributed by atoms with Crippen molar-refractivity contribution in [2.75, 3.05) is 52.9 Å². The van der Waals surface area contributed by atoms with Gasteiger partial charge in [0.1, 0.15) is 6.04 Å². The lowest BCUT2D eigenvalue weighted by molar-refractivity contribution is -0.127. The molecule has 1 amide bonds. The summed E-state index contributed by atoms with van der Waals surface area (Å²) in [6, 6.07) is 10.00. The minimum absolute atomic E-state index is 0. The Labute approximate surface area is 157 Å². The summed E-state index contributed by atoms with van der Waals surface area (Å²) in [7, 11) is 2.14. The van der Waals surface area contributed by atoms with Gasteiger partial charge in [0.2, 0.25) is 5.91 Å². The first kappa shape index (κ1) is 21.2. The van der Waals surface area contributed by atoms with Gasteiger partial charge in [0, 0.05) is 51.7 Å². The molecule has 2 aliphatic rings. The Kier molecular flexibility index (Phi) is 9.02. The number of hydrogen-bond acceptors (Lipinski definition) is 4. The lowest BCUT2D eigenvalue weighted by Gasteiger charge is -2.38. The summed E-state index contributed by atoms with van der Waals surface area (Å²) in [6.07, 6.45) is 0. The molecule has 2 aliphatic heterocycles. The maximum atomic E-state index is 12.8. The van der Waals surface area contributed by atoms with Crippen LogP contribution >= 0.6 is 24.8 Å². The molecule has 2 heterocycles. The molecule has 1 aromatic rings. The summed E-state index contributed by atoms with van der Waals surface area (Å²) in [5.74, 6) is 0.732. The summed E-state index contributed by atoms with van der Waals surface area (Å²) in [5.41, 5.74) is 1.09. The number of piperazine rings is 1. The van der Waals surface area contributed by atoms with E-state index in [1.54, 1.807) is 0 Å². The van der Waals surface area contributed by atoms with Crippen molar-refractivity contribution >= 4 is 30.7 Å². The standard InChI is InChI=1S/C17H26N4O.2ClH/c1-20-7-9-21(10-8-20)16(15-5-3-2-4-6-15)17(22)19-13-14-11-18-12-14;;/h2-6,14,16,18H,7-13H2,1H3,(H,19,22);2*1H. The zero-order valence-electron chi connectivity index (χ0n) is 14.1. The van der Waals surface area contributed by atoms with Crippen LogP contribution in [0.1, 0.15) is 11.6 Å². The Hall–Kier alpha value is -0.850. The van der Waals surface area contributed by atoms with Gasteiger partial charge in [-0.15, -0.1) is 24.8 Å². The lowest BCUT2D eigenvalue weighted by Crippen LogP contribution is -2.52. The fourth-order valence-electron chi connectivity index (χ4n) is 3.08. The number of nitrogens with one attached hydrogen (secondary N) is 2. The van der Waals surface area contributed by atoms with Crippen LogP contribution < -0.4 is 10.6 Å². The van der Waals surface area contributed by atoms with Crippen LogP contribution in [0.2, 0.25) is 0 Å². The number of likely N-dealkylation sites (N-methyl/N-ethyl adjacent to an activating group) is 1. The first-order valence-electron chi connectivity index (χ1n) is 8.20. The summed E-state index contributed by atoms with van der Waals surface area (Å²) < 4.78 is 0. The van der Waals surface area contributed by atoms with Gasteiger partial charge in [-0.2, -0.15) is 0 Å². The zero-order chi connectivity index (χ0) is 15.4. The number of halogens is 2. The molecule has 5 nitrogen and oxygen atoms in total. The van der Waals surface area contributed by atoms with Crippen LogP contribution in [-0.2, 0) is 4.79 Å². The second-order valence-electron chi connectivity index (χ2n) is 6.42. The highest BCUT2D eigenvalue weighted by molar-refractivity contribution is 5.85. The molecular formula is C17H28Cl2N4O. The van der Waals surface area contributed by atoms with Crippen molar-refractivity contribution in [3.63, 3.8) is 0 Å². The fourth-order valence-corrected chi connectivity index (χ4v) is 3.08. The molecule has 0 bridgehead atoms. The molecule has 1 unspecified atom stereocenters. The van der Waals surface area contributed by atoms with Gasteiger partial charge in [-0.1, -0.05) is 30.3 Å². The Balaban J connectivity index is 0.00000144. The van der Waals surface area contributed by atoms with Crippen molar-refractivity contribution in [1.82, 2.24) is 20.4 Å². The van der Waals surface area contributed by atoms with Crippen molar-refractivity contribution in [2.45, 2.75) is 6.04 Å². The van der Waals surface area contributed by atoms with Crippen LogP contribution in [0, 0.1) is 5.92 Å². The van der Waals surface area contributed by atoms with E-state index in [2.05, 4.69) is 39.6 Å². The lowest BCUT2D eigenvalue weighted by atomic mass is 10.0. The van der Waals surface area contributed by atoms with E-state index in [1.807, 2.05) is 18.2 Å². The molecule has 0 aliphatic carbocycles. The quantitative estimate of drug-likeness (QED) is 0.811. The van der Waals surface area contributed by atoms with Crippen LogP contribution in [0.3, 0.4) is 0 Å². The third kappa shape index (κ3) is 5.33. The van der Waals surface area contributed by atoms with Crippen molar-refractivity contribution in [1.29, 1.82) is 0 Å². The van der Waals surface area contributed by atoms with E-state index in [-0.39, 0.29) is 36.8 Å². The molecule has 7 heteroatoms. The van der Waals surface area contributed by atoms with E-state index >= 15 is 0 Å². The predicted molar refractivity (Wildman–Crippen MR) is 102 cm³/mol. The Bertz CT molecular complexity index is 491. The number of carbonyl (C=O) groups excluding carboxylic acids is 1. The minimum atomic E-state index is -0.164. The number of rotatable bonds is 5. The van der Waals surface area contributed by atoms with Crippen molar-refractivity contribution < 1.29 is 4.79 Å². The van der Waals surface area contributed by atoms with E-state index in [1.165, 1.54) is 0 Å². The molecule has 2 N–H and O–H groups in total. The van der Waals surface area contributed by atoms with Gasteiger partial charge in [0.25, 0.3) is 0 Å². The van der Waals surface area contributed by atoms with E-state index in [0.717, 1.165) is 51.4 Å². The van der Waals surface area contributed by atoms with Gasteiger partial charge < -0.3 is 15.5 Å². The summed E-state index contributed by atoms with van der Waals surface area (Å²) >= 11 is 0. The number of hydrogen-bond donors (Lipinski definition) is 2. The molecular weight excluding hydrogens is 347 g/mol. The molecule has 2 fully saturated rings. The molecule has 3 rings (SSSR count). The summed E-state index contributed by atoms with van der Waals surface area (Å²) in [5, 5.41) is 6.40. The van der Waals surface area contributed by atoms with E-state index < -0.39 is 0 Å². The van der Waals surface area contributed by atoms with Crippen molar-refractivity contribution in [3.8, 4) is 0 Å². The van der Waals surface area contributed by atoms with Crippen LogP contribution in [0.15, 0.2) is 30.3 Å². The van der Waals surface area contributed by atoms with E-state index in [0.29, 0.717) is 5.92 Å². The number of nitrogens with zero attached hydrogens (tertiary/aromatic N) is 2. The SMILES string of the molecule is CN1CCN(C(C(=O)NCC2CNC2)c2ccccc2)CC1.Cl.Cl. The van der Waals surface area contributed by atoms with E-state index in [9.17, 15) is 4.79 Å². The molecule has 0 spiro atoms. The maximum absolute atomic E-state index is 12.8. The van der Waals surface area contributed by atoms with Crippen LogP contribution in [0.4, 0.5) is 0 Å². The average Bonchev–Trinajstić information content (AvgIpc) is 2.49. The number of amides is 1. The Morgan fingerprint density at radius 1 is 1.17 bits per heavy atom. The molecule has 24 heavy (non-hydrogen) atoms. The molecule has 136 valence electrons. The average molecular weight is 375 g/mol. The monoisotopic (exact) mass is 374 g/mol. The molecule has 0 radical (unpaired) electrons. The zero-order valence-corrected chi connectivity index (χ0v) is 15.7. The normalized spacial score (nSPS) is 20.2. The molecule has 0 aromatic heterocycles. The van der Waals surface area contributed by atoms with Gasteiger partial charge in [-0.25, -0.2) is 0 Å². The first-order valence-corrected chi connectivity index (χ1v) is 8.20. The number of carbonyl (C=O) groups is 1. The summed E-state index contributed by atoms with van der Waals surface area (Å²) in [6.45, 7) is 6.73. The Morgan fingerprint density at radius 3 is 2.33 bits per heavy atom. The fraction of sp³-hybridized carbons (Fsp3) is 0.588. The van der Waals surface area contributed by atoms with Crippen LogP contribution in [0.25, 0.3) is 0 Å². The Morgan fingerprint density at radius 2 is 1.79 bits per heavy atom. The van der Waals surface area contributed by atoms with Gasteiger partial charge in [-0.05, 0) is 12.6 Å². The highest BCUT2D eigenvalue weighted by atomic mass is 35.5. The molecule has 0 saturated carbocycles. The molecule has 2 saturated heterocycles. The molecule has 1 atom stereocenters. The summed E-state index contributed by atoms with van der Waals surface area (Å²) in [4.78, 5) is 17.4. The second kappa shape index (κ2) is 10.2. The largest absolute Gasteiger partial charge is 0.354 e. The second-order valence-corrected chi connectivity index (χ2v) is 6.42. The third-order valence-corrected chi connectivity index (χ3v) is 4.70. The van der Waals surface area contributed by atoms with Crippen molar-refractivity contribution in [2.24, 2.45) is 5.92 Å². The predicted octanol–water partition coefficient (Wildman–Crippen LogP) is 1.15. The van der Waals surface area contributed by atoms with Crippen molar-refractivity contribution in [3.05, 3.63) is 35.9 Å². The topological polar surface area (TPSA) is 47.6 Å². The van der Waals surface area contributed by atoms with Crippen LogP contribution in [0.5, 0.6) is 0 Å². The highest BCUT2D eigenvalue weighted by Crippen LogP contribution is 2.22. The third-order valence-electron chi connectivity index (χ3n) is 4.70. The first-order chi connectivity index (χ1) is 10.7. The van der Waals surface area contributed by atoms with Gasteiger partial charge >= 0.3 is 0 Å². The number of benzene rings is 1. The smallest absolute Gasteiger partial charge is 0.241 e. The van der Waals surface area contributed by atoms with Gasteiger partial charge in [0.15, 0.2) is 0 Å². The highest BCUT2D eigenvalue weighted by Gasteiger charge is 2.30. The maximum Gasteiger partial charge on any atom is 0.241 e. The van der Waals surface area contributed by atoms with E-state index in [4.69, 9.17) is 0 Å². The molecule has 1 aromatic carbocycles. The van der Waals surface area contributed by atoms with Gasteiger partial charge in [-0.3, -0.25) is 9.69 Å².